The number of benzene rings is 2. The summed E-state index contributed by atoms with van der Waals surface area (Å²) in [5.41, 5.74) is 5.48. The lowest BCUT2D eigenvalue weighted by atomic mass is 9.91. The van der Waals surface area contributed by atoms with E-state index in [1.54, 1.807) is 0 Å². The predicted molar refractivity (Wildman–Crippen MR) is 166 cm³/mol. The quantitative estimate of drug-likeness (QED) is 0.236. The van der Waals surface area contributed by atoms with E-state index in [0.29, 0.717) is 5.92 Å². The first-order valence-corrected chi connectivity index (χ1v) is 14.0. The third-order valence-corrected chi connectivity index (χ3v) is 8.63. The minimum Gasteiger partial charge on any atom is -0.337 e. The van der Waals surface area contributed by atoms with E-state index in [-0.39, 0.29) is 6.04 Å². The zero-order valence-corrected chi connectivity index (χ0v) is 22.5. The van der Waals surface area contributed by atoms with Gasteiger partial charge < -0.3 is 9.47 Å². The molecule has 0 fully saturated rings. The van der Waals surface area contributed by atoms with Gasteiger partial charge in [-0.05, 0) is 60.2 Å². The molecule has 1 aliphatic carbocycles. The second kappa shape index (κ2) is 8.32. The summed E-state index contributed by atoms with van der Waals surface area (Å²) in [6, 6.07) is 32.4. The summed E-state index contributed by atoms with van der Waals surface area (Å²) in [4.78, 5) is 13.0. The van der Waals surface area contributed by atoms with Crippen molar-refractivity contribution in [2.75, 3.05) is 4.90 Å². The number of hydrogen-bond donors (Lipinski definition) is 0. The van der Waals surface area contributed by atoms with Gasteiger partial charge >= 0.3 is 0 Å². The Morgan fingerprint density at radius 3 is 2.41 bits per heavy atom. The summed E-state index contributed by atoms with van der Waals surface area (Å²) < 4.78 is 6.47. The Labute approximate surface area is 236 Å². The number of nitrogens with zero attached hydrogens (tertiary/aromatic N) is 6. The molecule has 0 spiro atoms. The van der Waals surface area contributed by atoms with Crippen molar-refractivity contribution in [1.82, 2.24) is 23.7 Å². The van der Waals surface area contributed by atoms with Crippen LogP contribution in [0.1, 0.15) is 11.5 Å². The summed E-state index contributed by atoms with van der Waals surface area (Å²) in [5, 5.41) is 3.38. The van der Waals surface area contributed by atoms with E-state index >= 15 is 0 Å². The zero-order chi connectivity index (χ0) is 27.1. The Morgan fingerprint density at radius 1 is 0.659 bits per heavy atom. The van der Waals surface area contributed by atoms with Crippen molar-refractivity contribution in [2.24, 2.45) is 7.05 Å². The molecule has 6 heteroatoms. The molecule has 7 aromatic rings. The number of rotatable bonds is 3. The summed E-state index contributed by atoms with van der Waals surface area (Å²) in [5.74, 6) is 3.18. The molecule has 2 aromatic carbocycles. The molecule has 2 aliphatic rings. The zero-order valence-electron chi connectivity index (χ0n) is 22.5. The number of para-hydroxylation sites is 2. The summed E-state index contributed by atoms with van der Waals surface area (Å²) >= 11 is 0. The molecule has 6 heterocycles. The Morgan fingerprint density at radius 2 is 1.49 bits per heavy atom. The van der Waals surface area contributed by atoms with E-state index in [4.69, 9.17) is 9.97 Å². The number of anilines is 2. The first-order valence-electron chi connectivity index (χ1n) is 14.0. The van der Waals surface area contributed by atoms with Gasteiger partial charge in [0.1, 0.15) is 28.7 Å². The van der Waals surface area contributed by atoms with E-state index in [0.717, 1.165) is 45.0 Å². The summed E-state index contributed by atoms with van der Waals surface area (Å²) in [7, 11) is 2.06. The molecule has 196 valence electrons. The van der Waals surface area contributed by atoms with Crippen molar-refractivity contribution in [3.8, 4) is 11.6 Å². The topological polar surface area (TPSA) is 43.8 Å². The Hall–Kier alpha value is -5.36. The molecule has 2 atom stereocenters. The lowest BCUT2D eigenvalue weighted by Gasteiger charge is -2.27. The van der Waals surface area contributed by atoms with Gasteiger partial charge in [0.05, 0.1) is 11.6 Å². The first kappa shape index (κ1) is 22.5. The molecule has 6 nitrogen and oxygen atoms in total. The summed E-state index contributed by atoms with van der Waals surface area (Å²) in [6.45, 7) is 0. The maximum Gasteiger partial charge on any atom is 0.149 e. The van der Waals surface area contributed by atoms with Crippen LogP contribution in [0, 0.1) is 0 Å². The lowest BCUT2D eigenvalue weighted by Crippen LogP contribution is -2.29. The Kier molecular flexibility index (Phi) is 4.56. The molecule has 0 saturated carbocycles. The monoisotopic (exact) mass is 530 g/mol. The number of aryl methyl sites for hydroxylation is 1. The number of aromatic nitrogens is 5. The van der Waals surface area contributed by atoms with Gasteiger partial charge in [0.2, 0.25) is 0 Å². The average Bonchev–Trinajstić information content (AvgIpc) is 3.78. The molecule has 0 saturated heterocycles. The average molecular weight is 531 g/mol. The number of allylic oxidation sites excluding steroid dienone is 2. The highest BCUT2D eigenvalue weighted by molar-refractivity contribution is 6.08. The van der Waals surface area contributed by atoms with E-state index in [2.05, 4.69) is 153 Å². The molecule has 0 N–H and O–H groups in total. The van der Waals surface area contributed by atoms with Gasteiger partial charge in [-0.3, -0.25) is 9.13 Å². The minimum absolute atomic E-state index is 0.197. The standard InChI is InChI=1S/C35H26N6/c1-38-21-8-15-33(38)39-22-20-23-16-18-32(36-34(23)39)41-30-14-7-4-11-26(30)27-17-19-31(37-35(27)41)40-28-12-5-2-9-24(28)25-10-3-6-13-29(25)40/h2-22,24,28H,1H3. The molecular formula is C35H26N6. The highest BCUT2D eigenvalue weighted by Gasteiger charge is 2.37. The van der Waals surface area contributed by atoms with Crippen LogP contribution in [-0.2, 0) is 7.05 Å². The van der Waals surface area contributed by atoms with Crippen LogP contribution in [0.25, 0.3) is 44.6 Å². The largest absolute Gasteiger partial charge is 0.337 e. The van der Waals surface area contributed by atoms with Crippen LogP contribution in [-0.4, -0.2) is 29.7 Å². The van der Waals surface area contributed by atoms with E-state index < -0.39 is 0 Å². The number of hydrogen-bond acceptors (Lipinski definition) is 3. The van der Waals surface area contributed by atoms with Gasteiger partial charge in [-0.1, -0.05) is 60.7 Å². The van der Waals surface area contributed by atoms with Crippen LogP contribution >= 0.6 is 0 Å². The normalized spacial score (nSPS) is 17.6. The fourth-order valence-electron chi connectivity index (χ4n) is 6.76. The van der Waals surface area contributed by atoms with E-state index in [1.807, 2.05) is 0 Å². The molecule has 0 radical (unpaired) electrons. The molecular weight excluding hydrogens is 504 g/mol. The maximum absolute atomic E-state index is 5.39. The number of pyridine rings is 2. The molecule has 9 rings (SSSR count). The van der Waals surface area contributed by atoms with Gasteiger partial charge in [-0.15, -0.1) is 0 Å². The van der Waals surface area contributed by atoms with Crippen molar-refractivity contribution < 1.29 is 0 Å². The van der Waals surface area contributed by atoms with Crippen LogP contribution < -0.4 is 4.90 Å². The second-order valence-corrected chi connectivity index (χ2v) is 10.9. The van der Waals surface area contributed by atoms with Crippen molar-refractivity contribution >= 4 is 44.5 Å². The first-order chi connectivity index (χ1) is 20.3. The van der Waals surface area contributed by atoms with Crippen LogP contribution in [0.2, 0.25) is 0 Å². The smallest absolute Gasteiger partial charge is 0.149 e. The van der Waals surface area contributed by atoms with Gasteiger partial charge in [0.25, 0.3) is 0 Å². The second-order valence-electron chi connectivity index (χ2n) is 10.9. The molecule has 41 heavy (non-hydrogen) atoms. The number of fused-ring (bicyclic) bond motifs is 7. The van der Waals surface area contributed by atoms with E-state index in [9.17, 15) is 0 Å². The Bertz CT molecular complexity index is 2210. The van der Waals surface area contributed by atoms with E-state index in [1.165, 1.54) is 16.6 Å². The van der Waals surface area contributed by atoms with Crippen molar-refractivity contribution in [3.05, 3.63) is 133 Å². The molecule has 1 aliphatic heterocycles. The fraction of sp³-hybridized carbons (Fsp3) is 0.0857. The SMILES string of the molecule is Cn1cccc1-n1ccc2ccc(-n3c4ccccc4c4ccc(N5c6ccccc6C6C=CC=CC65)nc43)nc21. The fourth-order valence-corrected chi connectivity index (χ4v) is 6.76. The van der Waals surface area contributed by atoms with Crippen LogP contribution in [0.3, 0.4) is 0 Å². The van der Waals surface area contributed by atoms with Crippen LogP contribution in [0.4, 0.5) is 11.5 Å². The predicted octanol–water partition coefficient (Wildman–Crippen LogP) is 7.59. The third kappa shape index (κ3) is 3.13. The Balaban J connectivity index is 1.28. The van der Waals surface area contributed by atoms with Gasteiger partial charge in [-0.2, -0.15) is 0 Å². The van der Waals surface area contributed by atoms with Crippen molar-refractivity contribution in [3.63, 3.8) is 0 Å². The van der Waals surface area contributed by atoms with Gasteiger partial charge in [-0.25, -0.2) is 9.97 Å². The molecule has 0 amide bonds. The van der Waals surface area contributed by atoms with Gasteiger partial charge in [0, 0.05) is 47.2 Å². The third-order valence-electron chi connectivity index (χ3n) is 8.63. The molecule has 0 bridgehead atoms. The minimum atomic E-state index is 0.197. The van der Waals surface area contributed by atoms with Crippen LogP contribution in [0.15, 0.2) is 128 Å². The highest BCUT2D eigenvalue weighted by atomic mass is 15.3. The van der Waals surface area contributed by atoms with Gasteiger partial charge in [0.15, 0.2) is 0 Å². The van der Waals surface area contributed by atoms with Crippen molar-refractivity contribution in [1.29, 1.82) is 0 Å². The van der Waals surface area contributed by atoms with Crippen LogP contribution in [0.5, 0.6) is 0 Å². The molecule has 2 unspecified atom stereocenters. The lowest BCUT2D eigenvalue weighted by molar-refractivity contribution is 0.739. The molecule has 5 aromatic heterocycles. The highest BCUT2D eigenvalue weighted by Crippen LogP contribution is 2.47. The van der Waals surface area contributed by atoms with Crippen molar-refractivity contribution in [2.45, 2.75) is 12.0 Å². The summed E-state index contributed by atoms with van der Waals surface area (Å²) in [6.07, 6.45) is 13.0. The maximum atomic E-state index is 5.39.